The predicted octanol–water partition coefficient (Wildman–Crippen LogP) is 4.00. The molecular formula is C12H13P. The quantitative estimate of drug-likeness (QED) is 0.634. The van der Waals surface area contributed by atoms with E-state index in [1.165, 1.54) is 22.0 Å². The molecule has 1 heteroatoms. The van der Waals surface area contributed by atoms with E-state index in [1.807, 2.05) is 0 Å². The fraction of sp³-hybridized carbons (Fsp3) is 0.167. The SMILES string of the molecule is Cc1ccc(-c2ccc[pH]2)cc1C. The largest absolute Gasteiger partial charge is 0.132 e. The highest BCUT2D eigenvalue weighted by Gasteiger charge is 1.98. The molecule has 0 amide bonds. The molecule has 0 aliphatic carbocycles. The monoisotopic (exact) mass is 188 g/mol. The number of benzene rings is 1. The van der Waals surface area contributed by atoms with Gasteiger partial charge in [0.2, 0.25) is 0 Å². The normalized spacial score (nSPS) is 10.9. The number of hydrogen-bond donors (Lipinski definition) is 0. The molecular weight excluding hydrogens is 175 g/mol. The van der Waals surface area contributed by atoms with Crippen LogP contribution in [0.15, 0.2) is 36.1 Å². The zero-order valence-electron chi connectivity index (χ0n) is 7.96. The van der Waals surface area contributed by atoms with Crippen molar-refractivity contribution in [1.82, 2.24) is 0 Å². The summed E-state index contributed by atoms with van der Waals surface area (Å²) in [5.74, 6) is 2.23. The van der Waals surface area contributed by atoms with Gasteiger partial charge in [0.05, 0.1) is 0 Å². The molecule has 2 aromatic rings. The summed E-state index contributed by atoms with van der Waals surface area (Å²) in [4.78, 5) is 0. The van der Waals surface area contributed by atoms with Crippen molar-refractivity contribution in [2.24, 2.45) is 0 Å². The van der Waals surface area contributed by atoms with E-state index >= 15 is 0 Å². The molecule has 0 bridgehead atoms. The molecule has 0 fully saturated rings. The summed E-state index contributed by atoms with van der Waals surface area (Å²) < 4.78 is 0. The lowest BCUT2D eigenvalue weighted by Gasteiger charge is -2.02. The van der Waals surface area contributed by atoms with Crippen LogP contribution in [0.3, 0.4) is 0 Å². The molecule has 0 spiro atoms. The van der Waals surface area contributed by atoms with E-state index in [2.05, 4.69) is 50.0 Å². The summed E-state index contributed by atoms with van der Waals surface area (Å²) in [6.45, 7) is 4.33. The van der Waals surface area contributed by atoms with E-state index < -0.39 is 0 Å². The van der Waals surface area contributed by atoms with Crippen LogP contribution >= 0.6 is 8.19 Å². The molecule has 0 nitrogen and oxygen atoms in total. The minimum atomic E-state index is 0.851. The topological polar surface area (TPSA) is 0 Å². The van der Waals surface area contributed by atoms with Gasteiger partial charge in [0.25, 0.3) is 0 Å². The van der Waals surface area contributed by atoms with Crippen LogP contribution in [0.4, 0.5) is 0 Å². The number of hydrogen-bond acceptors (Lipinski definition) is 0. The molecule has 0 aliphatic heterocycles. The van der Waals surface area contributed by atoms with Gasteiger partial charge in [0.1, 0.15) is 0 Å². The van der Waals surface area contributed by atoms with E-state index in [0.29, 0.717) is 0 Å². The van der Waals surface area contributed by atoms with E-state index in [4.69, 9.17) is 0 Å². The molecule has 2 rings (SSSR count). The highest BCUT2D eigenvalue weighted by Crippen LogP contribution is 2.29. The van der Waals surface area contributed by atoms with Gasteiger partial charge in [-0.15, -0.1) is 8.19 Å². The molecule has 13 heavy (non-hydrogen) atoms. The fourth-order valence-electron chi connectivity index (χ4n) is 1.42. The Labute approximate surface area is 80.7 Å². The summed E-state index contributed by atoms with van der Waals surface area (Å²) >= 11 is 0. The molecule has 1 atom stereocenters. The Kier molecular flexibility index (Phi) is 2.24. The molecule has 1 aromatic carbocycles. The van der Waals surface area contributed by atoms with Gasteiger partial charge in [-0.2, -0.15) is 0 Å². The van der Waals surface area contributed by atoms with Crippen LogP contribution in [0.1, 0.15) is 11.1 Å². The first-order chi connectivity index (χ1) is 6.27. The average Bonchev–Trinajstić information content (AvgIpc) is 2.62. The van der Waals surface area contributed by atoms with Crippen LogP contribution in [0.2, 0.25) is 0 Å². The van der Waals surface area contributed by atoms with Crippen LogP contribution < -0.4 is 0 Å². The highest BCUT2D eigenvalue weighted by atomic mass is 31.0. The molecule has 1 unspecified atom stereocenters. The van der Waals surface area contributed by atoms with Crippen LogP contribution in [0.5, 0.6) is 0 Å². The second-order valence-electron chi connectivity index (χ2n) is 3.38. The van der Waals surface area contributed by atoms with Crippen molar-refractivity contribution < 1.29 is 0 Å². The lowest BCUT2D eigenvalue weighted by atomic mass is 10.1. The molecule has 0 N–H and O–H groups in total. The van der Waals surface area contributed by atoms with Gasteiger partial charge in [0, 0.05) is 0 Å². The molecule has 0 radical (unpaired) electrons. The maximum Gasteiger partial charge on any atom is -0.00182 e. The van der Waals surface area contributed by atoms with Crippen LogP contribution in [0.25, 0.3) is 10.9 Å². The second-order valence-corrected chi connectivity index (χ2v) is 4.54. The second kappa shape index (κ2) is 3.40. The lowest BCUT2D eigenvalue weighted by Crippen LogP contribution is -1.80. The molecule has 1 aromatic heterocycles. The zero-order valence-corrected chi connectivity index (χ0v) is 8.96. The minimum Gasteiger partial charge on any atom is -0.132 e. The first-order valence-electron chi connectivity index (χ1n) is 4.48. The van der Waals surface area contributed by atoms with Crippen molar-refractivity contribution in [3.05, 3.63) is 47.3 Å². The van der Waals surface area contributed by atoms with E-state index in [1.54, 1.807) is 0 Å². The Morgan fingerprint density at radius 3 is 2.46 bits per heavy atom. The Balaban J connectivity index is 2.49. The summed E-state index contributed by atoms with van der Waals surface area (Å²) in [5, 5.41) is 1.46. The summed E-state index contributed by atoms with van der Waals surface area (Å²) in [6, 6.07) is 11.1. The molecule has 66 valence electrons. The average molecular weight is 188 g/mol. The van der Waals surface area contributed by atoms with Crippen molar-refractivity contribution in [2.45, 2.75) is 13.8 Å². The third-order valence-electron chi connectivity index (χ3n) is 2.42. The van der Waals surface area contributed by atoms with Gasteiger partial charge in [-0.25, -0.2) is 0 Å². The maximum atomic E-state index is 2.28. The Morgan fingerprint density at radius 1 is 1.00 bits per heavy atom. The van der Waals surface area contributed by atoms with Crippen molar-refractivity contribution in [3.8, 4) is 10.9 Å². The highest BCUT2D eigenvalue weighted by molar-refractivity contribution is 7.33. The predicted molar refractivity (Wildman–Crippen MR) is 60.9 cm³/mol. The first kappa shape index (κ1) is 8.59. The van der Waals surface area contributed by atoms with Gasteiger partial charge < -0.3 is 0 Å². The zero-order chi connectivity index (χ0) is 9.26. The first-order valence-corrected chi connectivity index (χ1v) is 5.56. The van der Waals surface area contributed by atoms with Gasteiger partial charge in [-0.1, -0.05) is 30.3 Å². The van der Waals surface area contributed by atoms with E-state index in [9.17, 15) is 0 Å². The van der Waals surface area contributed by atoms with Gasteiger partial charge in [0.15, 0.2) is 0 Å². The molecule has 1 heterocycles. The number of aryl methyl sites for hydroxylation is 2. The standard InChI is InChI=1S/C12H13P/c1-9-5-6-11(8-10(9)2)12-4-3-7-13-12/h3-8,13H,1-2H3. The minimum absolute atomic E-state index is 0.851. The third-order valence-corrected chi connectivity index (χ3v) is 3.54. The lowest BCUT2D eigenvalue weighted by molar-refractivity contribution is 1.34. The van der Waals surface area contributed by atoms with Gasteiger partial charge >= 0.3 is 0 Å². The Hall–Kier alpha value is -1.00. The van der Waals surface area contributed by atoms with Crippen LogP contribution in [-0.4, -0.2) is 0 Å². The Bertz CT molecular complexity index is 399. The fourth-order valence-corrected chi connectivity index (χ4v) is 2.31. The van der Waals surface area contributed by atoms with Crippen LogP contribution in [0, 0.1) is 13.8 Å². The Morgan fingerprint density at radius 2 is 1.85 bits per heavy atom. The summed E-state index contributed by atoms with van der Waals surface area (Å²) in [7, 11) is 0.851. The molecule has 0 saturated heterocycles. The van der Waals surface area contributed by atoms with Gasteiger partial charge in [-0.3, -0.25) is 0 Å². The molecule has 0 saturated carbocycles. The third kappa shape index (κ3) is 1.68. The smallest absolute Gasteiger partial charge is 0.00182 e. The number of rotatable bonds is 1. The van der Waals surface area contributed by atoms with Crippen LogP contribution in [-0.2, 0) is 0 Å². The van der Waals surface area contributed by atoms with Crippen molar-refractivity contribution in [3.63, 3.8) is 0 Å². The van der Waals surface area contributed by atoms with E-state index in [0.717, 1.165) is 8.19 Å². The summed E-state index contributed by atoms with van der Waals surface area (Å²) in [6.07, 6.45) is 0. The van der Waals surface area contributed by atoms with Crippen molar-refractivity contribution >= 4 is 8.19 Å². The summed E-state index contributed by atoms with van der Waals surface area (Å²) in [5.41, 5.74) is 4.14. The van der Waals surface area contributed by atoms with Crippen molar-refractivity contribution in [1.29, 1.82) is 0 Å². The maximum absolute atomic E-state index is 2.28. The van der Waals surface area contributed by atoms with Gasteiger partial charge in [-0.05, 0) is 41.6 Å². The van der Waals surface area contributed by atoms with E-state index in [-0.39, 0.29) is 0 Å². The molecule has 0 aliphatic rings. The van der Waals surface area contributed by atoms with Crippen molar-refractivity contribution in [2.75, 3.05) is 0 Å².